The molecule has 0 bridgehead atoms. The standard InChI is InChI=1S/C18H13Cl2NO3S/c1-10-4-2-3-5-13(10)21-15(22)9-24-18(23)17-16(20)12-7-6-11(19)8-14(12)25-17/h2-8H,9H2,1H3,(H,21,22). The SMILES string of the molecule is Cc1ccccc1NC(=O)COC(=O)c1sc2cc(Cl)ccc2c1Cl. The summed E-state index contributed by atoms with van der Waals surface area (Å²) in [6.07, 6.45) is 0. The molecular formula is C18H13Cl2NO3S. The van der Waals surface area contributed by atoms with Crippen LogP contribution in [-0.4, -0.2) is 18.5 Å². The number of rotatable bonds is 4. The van der Waals surface area contributed by atoms with E-state index in [0.29, 0.717) is 15.7 Å². The first-order valence-electron chi connectivity index (χ1n) is 7.36. The zero-order valence-electron chi connectivity index (χ0n) is 13.1. The van der Waals surface area contributed by atoms with Gasteiger partial charge in [0.2, 0.25) is 0 Å². The Hall–Kier alpha value is -2.08. The Morgan fingerprint density at radius 3 is 2.68 bits per heavy atom. The molecule has 0 unspecified atom stereocenters. The fraction of sp³-hybridized carbons (Fsp3) is 0.111. The van der Waals surface area contributed by atoms with Gasteiger partial charge in [0, 0.05) is 20.8 Å². The number of aryl methyl sites for hydroxylation is 1. The van der Waals surface area contributed by atoms with E-state index < -0.39 is 18.5 Å². The van der Waals surface area contributed by atoms with Crippen LogP contribution in [0.1, 0.15) is 15.2 Å². The second-order valence-electron chi connectivity index (χ2n) is 5.32. The summed E-state index contributed by atoms with van der Waals surface area (Å²) in [7, 11) is 0. The van der Waals surface area contributed by atoms with Gasteiger partial charge in [-0.25, -0.2) is 4.79 Å². The molecule has 1 heterocycles. The fourth-order valence-corrected chi connectivity index (χ4v) is 3.94. The Morgan fingerprint density at radius 1 is 1.16 bits per heavy atom. The van der Waals surface area contributed by atoms with Crippen LogP contribution in [0.3, 0.4) is 0 Å². The number of nitrogens with one attached hydrogen (secondary N) is 1. The second kappa shape index (κ2) is 7.44. The van der Waals surface area contributed by atoms with Crippen molar-refractivity contribution in [2.45, 2.75) is 6.92 Å². The summed E-state index contributed by atoms with van der Waals surface area (Å²) in [4.78, 5) is 24.5. The maximum absolute atomic E-state index is 12.2. The number of thiophene rings is 1. The van der Waals surface area contributed by atoms with E-state index >= 15 is 0 Å². The average molecular weight is 394 g/mol. The monoisotopic (exact) mass is 393 g/mol. The number of halogens is 2. The molecular weight excluding hydrogens is 381 g/mol. The molecule has 0 saturated heterocycles. The van der Waals surface area contributed by atoms with Crippen molar-refractivity contribution < 1.29 is 14.3 Å². The van der Waals surface area contributed by atoms with Gasteiger partial charge in [0.25, 0.3) is 5.91 Å². The summed E-state index contributed by atoms with van der Waals surface area (Å²) in [5.41, 5.74) is 1.60. The summed E-state index contributed by atoms with van der Waals surface area (Å²) >= 11 is 13.4. The minimum Gasteiger partial charge on any atom is -0.451 e. The maximum Gasteiger partial charge on any atom is 0.350 e. The average Bonchev–Trinajstić information content (AvgIpc) is 2.91. The van der Waals surface area contributed by atoms with Gasteiger partial charge in [0.1, 0.15) is 4.88 Å². The number of hydrogen-bond acceptors (Lipinski definition) is 4. The van der Waals surface area contributed by atoms with Crippen molar-refractivity contribution in [2.75, 3.05) is 11.9 Å². The third kappa shape index (κ3) is 3.95. The van der Waals surface area contributed by atoms with Crippen LogP contribution in [0, 0.1) is 6.92 Å². The first-order chi connectivity index (χ1) is 12.0. The molecule has 1 amide bonds. The summed E-state index contributed by atoms with van der Waals surface area (Å²) in [6, 6.07) is 12.5. The minimum atomic E-state index is -0.637. The normalized spacial score (nSPS) is 10.7. The number of carbonyl (C=O) groups excluding carboxylic acids is 2. The lowest BCUT2D eigenvalue weighted by Crippen LogP contribution is -2.21. The van der Waals surface area contributed by atoms with E-state index in [-0.39, 0.29) is 4.88 Å². The predicted octanol–water partition coefficient (Wildman–Crippen LogP) is 5.31. The molecule has 1 N–H and O–H groups in total. The third-order valence-electron chi connectivity index (χ3n) is 3.53. The fourth-order valence-electron chi connectivity index (χ4n) is 2.27. The van der Waals surface area contributed by atoms with E-state index in [2.05, 4.69) is 5.32 Å². The lowest BCUT2D eigenvalue weighted by atomic mass is 10.2. The van der Waals surface area contributed by atoms with Gasteiger partial charge in [-0.1, -0.05) is 47.5 Å². The highest BCUT2D eigenvalue weighted by Crippen LogP contribution is 2.37. The molecule has 0 atom stereocenters. The minimum absolute atomic E-state index is 0.252. The highest BCUT2D eigenvalue weighted by atomic mass is 35.5. The Balaban J connectivity index is 1.67. The van der Waals surface area contributed by atoms with Crippen molar-refractivity contribution in [3.05, 3.63) is 63.0 Å². The molecule has 0 aliphatic heterocycles. The van der Waals surface area contributed by atoms with Crippen molar-refractivity contribution in [1.82, 2.24) is 0 Å². The number of hydrogen-bond donors (Lipinski definition) is 1. The number of esters is 1. The van der Waals surface area contributed by atoms with Gasteiger partial charge in [-0.05, 0) is 30.7 Å². The van der Waals surface area contributed by atoms with E-state index in [1.54, 1.807) is 24.3 Å². The molecule has 4 nitrogen and oxygen atoms in total. The molecule has 7 heteroatoms. The van der Waals surface area contributed by atoms with Crippen LogP contribution >= 0.6 is 34.5 Å². The molecule has 0 aliphatic rings. The number of anilines is 1. The zero-order valence-corrected chi connectivity index (χ0v) is 15.5. The highest BCUT2D eigenvalue weighted by molar-refractivity contribution is 7.21. The number of para-hydroxylation sites is 1. The highest BCUT2D eigenvalue weighted by Gasteiger charge is 2.19. The van der Waals surface area contributed by atoms with Crippen molar-refractivity contribution in [3.8, 4) is 0 Å². The van der Waals surface area contributed by atoms with Crippen molar-refractivity contribution in [1.29, 1.82) is 0 Å². The van der Waals surface area contributed by atoms with E-state index in [9.17, 15) is 9.59 Å². The number of benzene rings is 2. The smallest absolute Gasteiger partial charge is 0.350 e. The van der Waals surface area contributed by atoms with Crippen LogP contribution in [-0.2, 0) is 9.53 Å². The first-order valence-corrected chi connectivity index (χ1v) is 8.93. The molecule has 0 saturated carbocycles. The van der Waals surface area contributed by atoms with Gasteiger partial charge in [-0.15, -0.1) is 11.3 Å². The lowest BCUT2D eigenvalue weighted by Gasteiger charge is -2.08. The Morgan fingerprint density at radius 2 is 1.92 bits per heavy atom. The summed E-state index contributed by atoms with van der Waals surface area (Å²) < 4.78 is 5.87. The van der Waals surface area contributed by atoms with Gasteiger partial charge in [0.05, 0.1) is 5.02 Å². The molecule has 0 fully saturated rings. The van der Waals surface area contributed by atoms with Crippen molar-refractivity contribution in [3.63, 3.8) is 0 Å². The third-order valence-corrected chi connectivity index (χ3v) is 5.40. The van der Waals surface area contributed by atoms with E-state index in [4.69, 9.17) is 27.9 Å². The van der Waals surface area contributed by atoms with Gasteiger partial charge in [-0.2, -0.15) is 0 Å². The predicted molar refractivity (Wildman–Crippen MR) is 102 cm³/mol. The summed E-state index contributed by atoms with van der Waals surface area (Å²) in [5.74, 6) is -1.05. The molecule has 0 aliphatic carbocycles. The van der Waals surface area contributed by atoms with Crippen LogP contribution < -0.4 is 5.32 Å². The molecule has 3 rings (SSSR count). The van der Waals surface area contributed by atoms with Crippen LogP contribution in [0.25, 0.3) is 10.1 Å². The molecule has 0 radical (unpaired) electrons. The largest absolute Gasteiger partial charge is 0.451 e. The number of carbonyl (C=O) groups is 2. The molecule has 25 heavy (non-hydrogen) atoms. The molecule has 2 aromatic carbocycles. The maximum atomic E-state index is 12.2. The Bertz CT molecular complexity index is 968. The topological polar surface area (TPSA) is 55.4 Å². The molecule has 128 valence electrons. The van der Waals surface area contributed by atoms with E-state index in [1.807, 2.05) is 25.1 Å². The van der Waals surface area contributed by atoms with E-state index in [0.717, 1.165) is 15.6 Å². The Labute approximate surface area is 158 Å². The van der Waals surface area contributed by atoms with Gasteiger partial charge in [-0.3, -0.25) is 4.79 Å². The summed E-state index contributed by atoms with van der Waals surface area (Å²) in [6.45, 7) is 1.49. The van der Waals surface area contributed by atoms with Gasteiger partial charge in [0.15, 0.2) is 6.61 Å². The van der Waals surface area contributed by atoms with Crippen molar-refractivity contribution in [2.24, 2.45) is 0 Å². The molecule has 3 aromatic rings. The number of ether oxygens (including phenoxy) is 1. The zero-order chi connectivity index (χ0) is 18.0. The van der Waals surface area contributed by atoms with Gasteiger partial charge < -0.3 is 10.1 Å². The Kier molecular flexibility index (Phi) is 5.27. The quantitative estimate of drug-likeness (QED) is 0.610. The van der Waals surface area contributed by atoms with Crippen LogP contribution in [0.2, 0.25) is 10.0 Å². The molecule has 1 aromatic heterocycles. The second-order valence-corrected chi connectivity index (χ2v) is 7.19. The number of amides is 1. The van der Waals surface area contributed by atoms with Crippen LogP contribution in [0.4, 0.5) is 5.69 Å². The number of fused-ring (bicyclic) bond motifs is 1. The van der Waals surface area contributed by atoms with Crippen LogP contribution in [0.15, 0.2) is 42.5 Å². The first kappa shape index (κ1) is 17.7. The van der Waals surface area contributed by atoms with E-state index in [1.165, 1.54) is 11.3 Å². The van der Waals surface area contributed by atoms with Gasteiger partial charge >= 0.3 is 5.97 Å². The molecule has 0 spiro atoms. The van der Waals surface area contributed by atoms with Crippen LogP contribution in [0.5, 0.6) is 0 Å². The van der Waals surface area contributed by atoms with Crippen molar-refractivity contribution >= 4 is 62.2 Å². The lowest BCUT2D eigenvalue weighted by molar-refractivity contribution is -0.119. The summed E-state index contributed by atoms with van der Waals surface area (Å²) in [5, 5.41) is 4.30.